The molecule has 2 aromatic heterocycles. The van der Waals surface area contributed by atoms with E-state index < -0.39 is 23.1 Å². The number of carbonyl (C=O) groups is 1. The quantitative estimate of drug-likeness (QED) is 0.423. The van der Waals surface area contributed by atoms with E-state index in [9.17, 15) is 23.1 Å². The van der Waals surface area contributed by atoms with Crippen molar-refractivity contribution < 1.29 is 23.1 Å². The van der Waals surface area contributed by atoms with Crippen molar-refractivity contribution in [2.45, 2.75) is 63.1 Å². The molecule has 4 heterocycles. The number of alkyl halides is 3. The Labute approximate surface area is 230 Å². The highest BCUT2D eigenvalue weighted by molar-refractivity contribution is 5.85. The molecule has 0 bridgehead atoms. The van der Waals surface area contributed by atoms with Crippen molar-refractivity contribution in [3.05, 3.63) is 65.0 Å². The minimum atomic E-state index is -4.50. The first kappa shape index (κ1) is 26.3. The van der Waals surface area contributed by atoms with Crippen LogP contribution in [0, 0.1) is 0 Å². The van der Waals surface area contributed by atoms with E-state index in [2.05, 4.69) is 22.1 Å². The number of carboxylic acid groups (broad SMARTS) is 1. The molecule has 1 unspecified atom stereocenters. The molecule has 210 valence electrons. The van der Waals surface area contributed by atoms with Crippen LogP contribution in [0.25, 0.3) is 0 Å². The van der Waals surface area contributed by atoms with Gasteiger partial charge in [-0.25, -0.2) is 9.97 Å². The summed E-state index contributed by atoms with van der Waals surface area (Å²) in [6.07, 6.45) is 1.15. The Morgan fingerprint density at radius 2 is 1.82 bits per heavy atom. The van der Waals surface area contributed by atoms with Gasteiger partial charge in [0.15, 0.2) is 0 Å². The van der Waals surface area contributed by atoms with Gasteiger partial charge in [-0.15, -0.1) is 0 Å². The smallest absolute Gasteiger partial charge is 0.419 e. The third kappa shape index (κ3) is 4.82. The number of carboxylic acids is 1. The second kappa shape index (κ2) is 9.94. The first-order valence-corrected chi connectivity index (χ1v) is 13.7. The van der Waals surface area contributed by atoms with Crippen LogP contribution >= 0.6 is 0 Å². The van der Waals surface area contributed by atoms with E-state index in [4.69, 9.17) is 9.97 Å². The van der Waals surface area contributed by atoms with Crippen LogP contribution in [0.3, 0.4) is 0 Å². The lowest BCUT2D eigenvalue weighted by Crippen LogP contribution is -2.29. The fraction of sp³-hybridized carbons (Fsp3) is 0.448. The average molecular weight is 553 g/mol. The van der Waals surface area contributed by atoms with Crippen molar-refractivity contribution in [2.24, 2.45) is 0 Å². The molecule has 1 atom stereocenters. The Bertz CT molecular complexity index is 1420. The average Bonchev–Trinajstić information content (AvgIpc) is 3.68. The number of rotatable bonds is 6. The number of pyridine rings is 1. The van der Waals surface area contributed by atoms with Gasteiger partial charge >= 0.3 is 12.1 Å². The van der Waals surface area contributed by atoms with Crippen molar-refractivity contribution in [1.82, 2.24) is 15.0 Å². The van der Waals surface area contributed by atoms with Crippen LogP contribution in [0.5, 0.6) is 0 Å². The number of aliphatic carboxylic acids is 1. The molecule has 2 fully saturated rings. The zero-order chi connectivity index (χ0) is 28.1. The molecule has 11 heteroatoms. The second-order valence-corrected chi connectivity index (χ2v) is 10.9. The summed E-state index contributed by atoms with van der Waals surface area (Å²) in [5.41, 5.74) is 1.70. The zero-order valence-electron chi connectivity index (χ0n) is 22.2. The van der Waals surface area contributed by atoms with Gasteiger partial charge in [0.05, 0.1) is 16.7 Å². The van der Waals surface area contributed by atoms with Gasteiger partial charge in [0.2, 0.25) is 5.95 Å². The van der Waals surface area contributed by atoms with Crippen molar-refractivity contribution in [1.29, 1.82) is 0 Å². The number of anilines is 4. The maximum atomic E-state index is 13.7. The van der Waals surface area contributed by atoms with Crippen LogP contribution in [0.4, 0.5) is 36.4 Å². The highest BCUT2D eigenvalue weighted by atomic mass is 19.4. The summed E-state index contributed by atoms with van der Waals surface area (Å²) in [5.74, 6) is 0.379. The maximum Gasteiger partial charge on any atom is 0.419 e. The van der Waals surface area contributed by atoms with E-state index in [0.29, 0.717) is 56.6 Å². The lowest BCUT2D eigenvalue weighted by molar-refractivity contribution is -0.140. The largest absolute Gasteiger partial charge is 0.481 e. The van der Waals surface area contributed by atoms with Gasteiger partial charge in [-0.3, -0.25) is 4.79 Å². The van der Waals surface area contributed by atoms with Crippen LogP contribution in [0.1, 0.15) is 55.0 Å². The fourth-order valence-corrected chi connectivity index (χ4v) is 5.89. The summed E-state index contributed by atoms with van der Waals surface area (Å²) < 4.78 is 41.2. The third-order valence-electron chi connectivity index (χ3n) is 8.39. The van der Waals surface area contributed by atoms with E-state index in [1.807, 2.05) is 24.3 Å². The monoisotopic (exact) mass is 552 g/mol. The SMILES string of the molecule is CC1CCCN1c1nc2c(c(Nc3ccc(C4(C(=O)O)CC4)cc3)n1)CCN(c1ncccc1C(F)(F)F)CC2. The molecule has 3 aliphatic rings. The molecule has 1 saturated heterocycles. The van der Waals surface area contributed by atoms with Gasteiger partial charge in [-0.05, 0) is 68.9 Å². The molecule has 2 aliphatic heterocycles. The van der Waals surface area contributed by atoms with Crippen LogP contribution in [0.15, 0.2) is 42.6 Å². The lowest BCUT2D eigenvalue weighted by Gasteiger charge is -2.24. The topological polar surface area (TPSA) is 94.5 Å². The molecule has 40 heavy (non-hydrogen) atoms. The van der Waals surface area contributed by atoms with Crippen molar-refractivity contribution in [3.8, 4) is 0 Å². The number of hydrogen-bond donors (Lipinski definition) is 2. The first-order chi connectivity index (χ1) is 19.2. The Morgan fingerprint density at radius 1 is 1.07 bits per heavy atom. The number of aromatic nitrogens is 3. The molecule has 1 aromatic carbocycles. The van der Waals surface area contributed by atoms with Crippen molar-refractivity contribution in [3.63, 3.8) is 0 Å². The number of benzene rings is 1. The molecule has 6 rings (SSSR count). The third-order valence-corrected chi connectivity index (χ3v) is 8.39. The minimum Gasteiger partial charge on any atom is -0.481 e. The minimum absolute atomic E-state index is 0.0679. The van der Waals surface area contributed by atoms with Crippen LogP contribution in [0.2, 0.25) is 0 Å². The Kier molecular flexibility index (Phi) is 6.54. The summed E-state index contributed by atoms with van der Waals surface area (Å²) in [4.78, 5) is 29.5. The highest BCUT2D eigenvalue weighted by Gasteiger charge is 2.51. The molecule has 1 saturated carbocycles. The van der Waals surface area contributed by atoms with E-state index in [-0.39, 0.29) is 5.82 Å². The van der Waals surface area contributed by atoms with E-state index in [1.54, 1.807) is 4.90 Å². The first-order valence-electron chi connectivity index (χ1n) is 13.7. The van der Waals surface area contributed by atoms with Crippen LogP contribution in [-0.4, -0.2) is 51.7 Å². The van der Waals surface area contributed by atoms with Gasteiger partial charge in [0, 0.05) is 49.5 Å². The highest BCUT2D eigenvalue weighted by Crippen LogP contribution is 2.48. The zero-order valence-corrected chi connectivity index (χ0v) is 22.2. The number of nitrogens with one attached hydrogen (secondary N) is 1. The summed E-state index contributed by atoms with van der Waals surface area (Å²) in [5, 5.41) is 13.1. The number of nitrogens with zero attached hydrogens (tertiary/aromatic N) is 5. The van der Waals surface area contributed by atoms with Crippen LogP contribution in [-0.2, 0) is 29.2 Å². The fourth-order valence-electron chi connectivity index (χ4n) is 5.89. The number of halogens is 3. The predicted molar refractivity (Wildman–Crippen MR) is 145 cm³/mol. The summed E-state index contributed by atoms with van der Waals surface area (Å²) in [6, 6.07) is 10.1. The van der Waals surface area contributed by atoms with Crippen LogP contribution < -0.4 is 15.1 Å². The normalized spacial score (nSPS) is 20.1. The number of hydrogen-bond acceptors (Lipinski definition) is 7. The molecule has 0 spiro atoms. The molecular formula is C29H31F3N6O2. The molecule has 3 aromatic rings. The van der Waals surface area contributed by atoms with Gasteiger partial charge in [0.1, 0.15) is 11.6 Å². The van der Waals surface area contributed by atoms with Crippen molar-refractivity contribution >= 4 is 29.2 Å². The van der Waals surface area contributed by atoms with E-state index >= 15 is 0 Å². The van der Waals surface area contributed by atoms with E-state index in [1.165, 1.54) is 12.3 Å². The molecule has 2 N–H and O–H groups in total. The Hall–Kier alpha value is -3.89. The van der Waals surface area contributed by atoms with E-state index in [0.717, 1.165) is 48.0 Å². The molecular weight excluding hydrogens is 521 g/mol. The lowest BCUT2D eigenvalue weighted by atomic mass is 9.96. The van der Waals surface area contributed by atoms with Crippen molar-refractivity contribution in [2.75, 3.05) is 34.8 Å². The summed E-state index contributed by atoms with van der Waals surface area (Å²) in [6.45, 7) is 3.68. The summed E-state index contributed by atoms with van der Waals surface area (Å²) in [7, 11) is 0. The van der Waals surface area contributed by atoms with Gasteiger partial charge in [0.25, 0.3) is 0 Å². The van der Waals surface area contributed by atoms with Gasteiger partial charge < -0.3 is 20.2 Å². The Balaban J connectivity index is 1.32. The summed E-state index contributed by atoms with van der Waals surface area (Å²) >= 11 is 0. The van der Waals surface area contributed by atoms with Gasteiger partial charge in [-0.1, -0.05) is 12.1 Å². The molecule has 0 amide bonds. The Morgan fingerprint density at radius 3 is 2.48 bits per heavy atom. The molecule has 1 aliphatic carbocycles. The number of fused-ring (bicyclic) bond motifs is 1. The molecule has 8 nitrogen and oxygen atoms in total. The second-order valence-electron chi connectivity index (χ2n) is 10.9. The predicted octanol–water partition coefficient (Wildman–Crippen LogP) is 5.34. The molecule has 0 radical (unpaired) electrons. The standard InChI is InChI=1S/C29H31F3N6O2/c1-18-4-3-15-38(18)27-35-23-11-17-37(25-22(29(30,31)32)5-2-14-33-25)16-10-21(23)24(36-27)34-20-8-6-19(7-9-20)28(12-13-28)26(39)40/h2,5-9,14,18H,3-4,10-13,15-17H2,1H3,(H,39,40)(H,34,35,36). The van der Waals surface area contributed by atoms with Gasteiger partial charge in [-0.2, -0.15) is 18.2 Å². The maximum absolute atomic E-state index is 13.7.